The van der Waals surface area contributed by atoms with Crippen molar-refractivity contribution in [3.8, 4) is 5.75 Å². The predicted octanol–water partition coefficient (Wildman–Crippen LogP) is 4.06. The van der Waals surface area contributed by atoms with Crippen LogP contribution in [-0.2, 0) is 16.0 Å². The van der Waals surface area contributed by atoms with Crippen LogP contribution < -0.4 is 4.74 Å². The van der Waals surface area contributed by atoms with E-state index < -0.39 is 6.10 Å². The van der Waals surface area contributed by atoms with Gasteiger partial charge in [0.2, 0.25) is 5.91 Å². The van der Waals surface area contributed by atoms with Gasteiger partial charge >= 0.3 is 0 Å². The molecular formula is C27H38N2O4S. The SMILES string of the molecule is Cc1ccc(OCC2c3ccsc3CCN2C(=O)CN(CC(O)COC(C)C)CC2CC2)cc1. The molecule has 4 rings (SSSR count). The summed E-state index contributed by atoms with van der Waals surface area (Å²) in [6.07, 6.45) is 2.78. The first kappa shape index (κ1) is 25.2. The number of carbonyl (C=O) groups excluding carboxylic acids is 1. The molecule has 0 saturated heterocycles. The van der Waals surface area contributed by atoms with Crippen molar-refractivity contribution in [1.29, 1.82) is 0 Å². The average molecular weight is 487 g/mol. The summed E-state index contributed by atoms with van der Waals surface area (Å²) in [5.41, 5.74) is 2.40. The van der Waals surface area contributed by atoms with Gasteiger partial charge in [-0.25, -0.2) is 0 Å². The fourth-order valence-corrected chi connectivity index (χ4v) is 5.42. The van der Waals surface area contributed by atoms with E-state index in [-0.39, 0.29) is 18.1 Å². The van der Waals surface area contributed by atoms with E-state index in [2.05, 4.69) is 23.3 Å². The van der Waals surface area contributed by atoms with Crippen molar-refractivity contribution in [2.24, 2.45) is 5.92 Å². The molecule has 1 fully saturated rings. The molecule has 2 heterocycles. The van der Waals surface area contributed by atoms with E-state index in [0.29, 0.717) is 38.8 Å². The lowest BCUT2D eigenvalue weighted by Gasteiger charge is -2.37. The average Bonchev–Trinajstić information content (AvgIpc) is 3.48. The number of carbonyl (C=O) groups is 1. The number of nitrogens with zero attached hydrogens (tertiary/aromatic N) is 2. The smallest absolute Gasteiger partial charge is 0.237 e. The number of aryl methyl sites for hydroxylation is 1. The maximum atomic E-state index is 13.6. The summed E-state index contributed by atoms with van der Waals surface area (Å²) in [7, 11) is 0. The van der Waals surface area contributed by atoms with Gasteiger partial charge in [-0.15, -0.1) is 11.3 Å². The third-order valence-electron chi connectivity index (χ3n) is 6.51. The summed E-state index contributed by atoms with van der Waals surface area (Å²) >= 11 is 1.76. The molecule has 2 atom stereocenters. The van der Waals surface area contributed by atoms with Crippen molar-refractivity contribution in [2.75, 3.05) is 39.4 Å². The first-order valence-electron chi connectivity index (χ1n) is 12.5. The van der Waals surface area contributed by atoms with Crippen LogP contribution in [0.3, 0.4) is 0 Å². The lowest BCUT2D eigenvalue weighted by Crippen LogP contribution is -2.48. The summed E-state index contributed by atoms with van der Waals surface area (Å²) in [5.74, 6) is 1.56. The molecule has 1 aromatic heterocycles. The minimum atomic E-state index is -0.598. The second-order valence-electron chi connectivity index (χ2n) is 9.95. The molecule has 2 aliphatic rings. The maximum Gasteiger partial charge on any atom is 0.237 e. The lowest BCUT2D eigenvalue weighted by atomic mass is 10.0. The van der Waals surface area contributed by atoms with Gasteiger partial charge < -0.3 is 19.5 Å². The Labute approximate surface area is 207 Å². The van der Waals surface area contributed by atoms with Crippen LogP contribution in [0.15, 0.2) is 35.7 Å². The fourth-order valence-electron chi connectivity index (χ4n) is 4.49. The normalized spacial score (nSPS) is 18.9. The first-order chi connectivity index (χ1) is 16.4. The van der Waals surface area contributed by atoms with Crippen molar-refractivity contribution in [2.45, 2.75) is 58.3 Å². The zero-order valence-corrected chi connectivity index (χ0v) is 21.4. The van der Waals surface area contributed by atoms with E-state index in [0.717, 1.165) is 18.7 Å². The molecule has 1 N–H and O–H groups in total. The number of hydrogen-bond acceptors (Lipinski definition) is 6. The van der Waals surface area contributed by atoms with Gasteiger partial charge in [0, 0.05) is 24.5 Å². The van der Waals surface area contributed by atoms with E-state index in [1.165, 1.54) is 28.8 Å². The highest BCUT2D eigenvalue weighted by Crippen LogP contribution is 2.34. The van der Waals surface area contributed by atoms with Crippen LogP contribution >= 0.6 is 11.3 Å². The fraction of sp³-hybridized carbons (Fsp3) is 0.593. The number of aliphatic hydroxyl groups excluding tert-OH is 1. The van der Waals surface area contributed by atoms with Crippen LogP contribution in [0.1, 0.15) is 48.7 Å². The molecule has 1 aliphatic carbocycles. The zero-order valence-electron chi connectivity index (χ0n) is 20.6. The van der Waals surface area contributed by atoms with E-state index in [9.17, 15) is 9.90 Å². The third kappa shape index (κ3) is 7.04. The third-order valence-corrected chi connectivity index (χ3v) is 7.50. The van der Waals surface area contributed by atoms with E-state index in [4.69, 9.17) is 9.47 Å². The van der Waals surface area contributed by atoms with Crippen molar-refractivity contribution in [3.63, 3.8) is 0 Å². The van der Waals surface area contributed by atoms with Gasteiger partial charge in [0.15, 0.2) is 0 Å². The second-order valence-corrected chi connectivity index (χ2v) is 11.0. The minimum absolute atomic E-state index is 0.0793. The van der Waals surface area contributed by atoms with Gasteiger partial charge in [-0.1, -0.05) is 17.7 Å². The van der Waals surface area contributed by atoms with Crippen LogP contribution in [0.4, 0.5) is 0 Å². The number of hydrogen-bond donors (Lipinski definition) is 1. The van der Waals surface area contributed by atoms with Gasteiger partial charge in [0.05, 0.1) is 31.4 Å². The molecule has 1 amide bonds. The van der Waals surface area contributed by atoms with Crippen molar-refractivity contribution in [3.05, 3.63) is 51.7 Å². The minimum Gasteiger partial charge on any atom is -0.491 e. The van der Waals surface area contributed by atoms with E-state index >= 15 is 0 Å². The van der Waals surface area contributed by atoms with Crippen molar-refractivity contribution < 1.29 is 19.4 Å². The summed E-state index contributed by atoms with van der Waals surface area (Å²) in [4.78, 5) is 19.0. The van der Waals surface area contributed by atoms with E-state index in [1.807, 2.05) is 43.0 Å². The largest absolute Gasteiger partial charge is 0.491 e. The summed E-state index contributed by atoms with van der Waals surface area (Å²) in [6, 6.07) is 10.1. The van der Waals surface area contributed by atoms with Crippen LogP contribution in [0.25, 0.3) is 0 Å². The topological polar surface area (TPSA) is 62.2 Å². The van der Waals surface area contributed by atoms with Crippen LogP contribution in [0, 0.1) is 12.8 Å². The number of benzene rings is 1. The molecule has 0 bridgehead atoms. The molecule has 0 radical (unpaired) electrons. The van der Waals surface area contributed by atoms with Crippen LogP contribution in [-0.4, -0.2) is 72.4 Å². The molecule has 34 heavy (non-hydrogen) atoms. The molecule has 1 aliphatic heterocycles. The van der Waals surface area contributed by atoms with Gasteiger partial charge in [0.1, 0.15) is 12.4 Å². The summed E-state index contributed by atoms with van der Waals surface area (Å²) < 4.78 is 11.7. The number of aliphatic hydroxyl groups is 1. The maximum absolute atomic E-state index is 13.6. The van der Waals surface area contributed by atoms with Gasteiger partial charge in [-0.3, -0.25) is 9.69 Å². The lowest BCUT2D eigenvalue weighted by molar-refractivity contribution is -0.136. The van der Waals surface area contributed by atoms with Crippen molar-refractivity contribution >= 4 is 17.2 Å². The molecule has 7 heteroatoms. The molecule has 2 aromatic rings. The van der Waals surface area contributed by atoms with Gasteiger partial charge in [0.25, 0.3) is 0 Å². The highest BCUT2D eigenvalue weighted by Gasteiger charge is 2.34. The molecule has 186 valence electrons. The number of thiophene rings is 1. The van der Waals surface area contributed by atoms with Crippen molar-refractivity contribution in [1.82, 2.24) is 9.80 Å². The second kappa shape index (κ2) is 11.7. The number of amides is 1. The Kier molecular flexibility index (Phi) is 8.64. The number of rotatable bonds is 12. The van der Waals surface area contributed by atoms with Gasteiger partial charge in [-0.05, 0) is 75.1 Å². The molecule has 2 unspecified atom stereocenters. The number of ether oxygens (including phenoxy) is 2. The Morgan fingerprint density at radius 1 is 1.24 bits per heavy atom. The molecular weight excluding hydrogens is 448 g/mol. The molecule has 6 nitrogen and oxygen atoms in total. The Bertz CT molecular complexity index is 925. The highest BCUT2D eigenvalue weighted by atomic mass is 32.1. The zero-order chi connectivity index (χ0) is 24.1. The monoisotopic (exact) mass is 486 g/mol. The van der Waals surface area contributed by atoms with Gasteiger partial charge in [-0.2, -0.15) is 0 Å². The Morgan fingerprint density at radius 2 is 2.00 bits per heavy atom. The molecule has 1 aromatic carbocycles. The first-order valence-corrected chi connectivity index (χ1v) is 13.3. The Balaban J connectivity index is 1.42. The van der Waals surface area contributed by atoms with E-state index in [1.54, 1.807) is 11.3 Å². The summed E-state index contributed by atoms with van der Waals surface area (Å²) in [6.45, 7) is 9.04. The summed E-state index contributed by atoms with van der Waals surface area (Å²) in [5, 5.41) is 12.6. The van der Waals surface area contributed by atoms with Crippen LogP contribution in [0.2, 0.25) is 0 Å². The van der Waals surface area contributed by atoms with Crippen LogP contribution in [0.5, 0.6) is 5.75 Å². The number of fused-ring (bicyclic) bond motifs is 1. The molecule has 0 spiro atoms. The molecule has 1 saturated carbocycles. The quantitative estimate of drug-likeness (QED) is 0.490. The Hall–Kier alpha value is -1.93. The highest BCUT2D eigenvalue weighted by molar-refractivity contribution is 7.10. The predicted molar refractivity (Wildman–Crippen MR) is 135 cm³/mol. The Morgan fingerprint density at radius 3 is 2.71 bits per heavy atom. The standard InChI is InChI=1S/C27H38N2O4S/c1-19(2)32-17-22(30)15-28(14-21-6-7-21)16-27(31)29-12-10-26-24(11-13-34-26)25(29)18-33-23-8-4-20(3)5-9-23/h4-5,8-9,11,13,19,21-22,25,30H,6-7,10,12,14-18H2,1-3H3.